The van der Waals surface area contributed by atoms with Gasteiger partial charge in [0.25, 0.3) is 11.8 Å². The first kappa shape index (κ1) is 33.8. The highest BCUT2D eigenvalue weighted by Crippen LogP contribution is 2.30. The Balaban J connectivity index is 1.17. The van der Waals surface area contributed by atoms with Crippen molar-refractivity contribution in [2.24, 2.45) is 0 Å². The summed E-state index contributed by atoms with van der Waals surface area (Å²) in [6, 6.07) is 16.0. The van der Waals surface area contributed by atoms with Crippen LogP contribution in [0.1, 0.15) is 45.5 Å². The van der Waals surface area contributed by atoms with E-state index in [4.69, 9.17) is 11.8 Å². The van der Waals surface area contributed by atoms with Crippen LogP contribution in [0, 0.1) is 0 Å². The van der Waals surface area contributed by atoms with E-state index in [0.717, 1.165) is 55.1 Å². The maximum Gasteiger partial charge on any atom is 0.416 e. The SMILES string of the molecule is O=C(Nc1cccc(C(=O)N(Cl)c2cnc(Nc3ccc(S(=O)(=O)CCCN4CCCC4)cc3)nc2)c1)c1cccc(C(F)(F)F)c1. The number of anilines is 4. The molecule has 10 nitrogen and oxygen atoms in total. The van der Waals surface area contributed by atoms with Gasteiger partial charge in [0, 0.05) is 34.3 Å². The van der Waals surface area contributed by atoms with Crippen molar-refractivity contribution in [3.63, 3.8) is 0 Å². The molecule has 2 heterocycles. The predicted octanol–water partition coefficient (Wildman–Crippen LogP) is 6.55. The highest BCUT2D eigenvalue weighted by Gasteiger charge is 2.31. The number of nitrogens with zero attached hydrogens (tertiary/aromatic N) is 4. The van der Waals surface area contributed by atoms with Gasteiger partial charge >= 0.3 is 6.18 Å². The van der Waals surface area contributed by atoms with Crippen molar-refractivity contribution in [3.05, 3.63) is 102 Å². The van der Waals surface area contributed by atoms with E-state index >= 15 is 0 Å². The summed E-state index contributed by atoms with van der Waals surface area (Å²) < 4.78 is 65.4. The van der Waals surface area contributed by atoms with Crippen molar-refractivity contribution >= 4 is 56.4 Å². The number of carbonyl (C=O) groups excluding carboxylic acids is 2. The molecule has 0 spiro atoms. The van der Waals surface area contributed by atoms with Crippen LogP contribution in [0.15, 0.2) is 90.1 Å². The number of amides is 2. The van der Waals surface area contributed by atoms with E-state index in [2.05, 4.69) is 25.5 Å². The van der Waals surface area contributed by atoms with Crippen LogP contribution in [0.5, 0.6) is 0 Å². The Morgan fingerprint density at radius 1 is 0.894 bits per heavy atom. The molecule has 4 aromatic rings. The molecule has 0 saturated carbocycles. The van der Waals surface area contributed by atoms with Crippen LogP contribution in [0.2, 0.25) is 0 Å². The minimum absolute atomic E-state index is 0.0766. The molecule has 2 amide bonds. The lowest BCUT2D eigenvalue weighted by molar-refractivity contribution is -0.137. The number of aromatic nitrogens is 2. The Bertz CT molecular complexity index is 1840. The van der Waals surface area contributed by atoms with Crippen LogP contribution in [0.25, 0.3) is 0 Å². The van der Waals surface area contributed by atoms with Crippen molar-refractivity contribution in [1.29, 1.82) is 0 Å². The molecule has 0 bridgehead atoms. The monoisotopic (exact) mass is 686 g/mol. The van der Waals surface area contributed by atoms with Crippen LogP contribution >= 0.6 is 11.8 Å². The molecule has 3 aromatic carbocycles. The lowest BCUT2D eigenvalue weighted by Crippen LogP contribution is -2.22. The fourth-order valence-corrected chi connectivity index (χ4v) is 6.45. The maximum absolute atomic E-state index is 13.1. The molecule has 0 aliphatic carbocycles. The van der Waals surface area contributed by atoms with Crippen molar-refractivity contribution in [2.75, 3.05) is 40.4 Å². The van der Waals surface area contributed by atoms with E-state index in [9.17, 15) is 31.2 Å². The van der Waals surface area contributed by atoms with Gasteiger partial charge in [0.15, 0.2) is 9.84 Å². The average molecular weight is 687 g/mol. The van der Waals surface area contributed by atoms with Crippen molar-refractivity contribution in [2.45, 2.75) is 30.3 Å². The Labute approximate surface area is 274 Å². The Hall–Kier alpha value is -4.53. The Kier molecular flexibility index (Phi) is 10.4. The molecule has 0 radical (unpaired) electrons. The van der Waals surface area contributed by atoms with Crippen LogP contribution in [0.4, 0.5) is 36.2 Å². The van der Waals surface area contributed by atoms with Gasteiger partial charge in [-0.1, -0.05) is 12.1 Å². The zero-order valence-electron chi connectivity index (χ0n) is 24.9. The summed E-state index contributed by atoms with van der Waals surface area (Å²) in [5.41, 5.74) is -0.231. The fourth-order valence-electron chi connectivity index (χ4n) is 4.96. The number of halogens is 4. The third kappa shape index (κ3) is 8.84. The van der Waals surface area contributed by atoms with E-state index in [1.54, 1.807) is 12.1 Å². The third-order valence-corrected chi connectivity index (χ3v) is 9.58. The van der Waals surface area contributed by atoms with Crippen molar-refractivity contribution in [1.82, 2.24) is 14.9 Å². The molecular weight excluding hydrogens is 657 g/mol. The average Bonchev–Trinajstić information content (AvgIpc) is 3.58. The third-order valence-electron chi connectivity index (χ3n) is 7.42. The molecule has 1 aromatic heterocycles. The molecule has 47 heavy (non-hydrogen) atoms. The first-order valence-corrected chi connectivity index (χ1v) is 16.6. The molecule has 1 aliphatic heterocycles. The highest BCUT2D eigenvalue weighted by molar-refractivity contribution is 7.91. The van der Waals surface area contributed by atoms with Crippen LogP contribution in [0.3, 0.4) is 0 Å². The predicted molar refractivity (Wildman–Crippen MR) is 173 cm³/mol. The number of sulfone groups is 1. The fraction of sp³-hybridized carbons (Fsp3) is 0.250. The van der Waals surface area contributed by atoms with Gasteiger partial charge in [-0.25, -0.2) is 22.8 Å². The zero-order chi connectivity index (χ0) is 33.6. The molecular formula is C32H30ClF3N6O4S. The quantitative estimate of drug-likeness (QED) is 0.170. The van der Waals surface area contributed by atoms with Gasteiger partial charge in [-0.2, -0.15) is 13.2 Å². The molecule has 1 aliphatic rings. The van der Waals surface area contributed by atoms with E-state index in [0.29, 0.717) is 12.1 Å². The van der Waals surface area contributed by atoms with Crippen molar-refractivity contribution in [3.8, 4) is 0 Å². The summed E-state index contributed by atoms with van der Waals surface area (Å²) in [7, 11) is -3.41. The smallest absolute Gasteiger partial charge is 0.324 e. The number of carbonyl (C=O) groups is 2. The van der Waals surface area contributed by atoms with Gasteiger partial charge in [0.05, 0.1) is 34.3 Å². The van der Waals surface area contributed by atoms with Crippen molar-refractivity contribution < 1.29 is 31.2 Å². The van der Waals surface area contributed by atoms with E-state index in [-0.39, 0.29) is 39.1 Å². The minimum Gasteiger partial charge on any atom is -0.324 e. The van der Waals surface area contributed by atoms with Gasteiger partial charge in [-0.3, -0.25) is 9.59 Å². The molecule has 0 unspecified atom stereocenters. The highest BCUT2D eigenvalue weighted by atomic mass is 35.5. The van der Waals surface area contributed by atoms with Gasteiger partial charge in [-0.15, -0.1) is 0 Å². The number of alkyl halides is 3. The summed E-state index contributed by atoms with van der Waals surface area (Å²) in [4.78, 5) is 36.5. The number of hydrogen-bond acceptors (Lipinski definition) is 8. The summed E-state index contributed by atoms with van der Waals surface area (Å²) in [5, 5.41) is 5.45. The van der Waals surface area contributed by atoms with E-state index in [1.807, 2.05) is 0 Å². The molecule has 0 atom stereocenters. The second-order valence-electron chi connectivity index (χ2n) is 10.8. The molecule has 2 N–H and O–H groups in total. The molecule has 15 heteroatoms. The molecule has 1 fully saturated rings. The minimum atomic E-state index is -4.60. The Morgan fingerprint density at radius 3 is 2.23 bits per heavy atom. The van der Waals surface area contributed by atoms with Crippen LogP contribution in [-0.4, -0.2) is 60.5 Å². The lowest BCUT2D eigenvalue weighted by Gasteiger charge is -2.15. The number of hydrogen-bond donors (Lipinski definition) is 2. The maximum atomic E-state index is 13.1. The standard InChI is InChI=1S/C32H30ClF3N6O4S/c33-42(30(44)23-7-4-9-26(19-23)39-29(43)22-6-3-8-24(18-22)32(34,35)36)27-20-37-31(38-21-27)40-25-10-12-28(13-11-25)47(45,46)17-5-16-41-14-1-2-15-41/h3-4,6-13,18-21H,1-2,5,14-17H2,(H,39,43)(H,37,38,40). The first-order valence-electron chi connectivity index (χ1n) is 14.6. The largest absolute Gasteiger partial charge is 0.416 e. The van der Waals surface area contributed by atoms with Gasteiger partial charge in [-0.05, 0) is 99.6 Å². The normalized spacial score (nSPS) is 13.7. The second-order valence-corrected chi connectivity index (χ2v) is 13.3. The summed E-state index contributed by atoms with van der Waals surface area (Å²) in [6.45, 7) is 2.82. The second kappa shape index (κ2) is 14.5. The van der Waals surface area contributed by atoms with Crippen LogP contribution < -0.4 is 15.1 Å². The summed E-state index contributed by atoms with van der Waals surface area (Å²) >= 11 is 6.28. The topological polar surface area (TPSA) is 125 Å². The number of likely N-dealkylation sites (tertiary alicyclic amines) is 1. The first-order chi connectivity index (χ1) is 22.4. The van der Waals surface area contributed by atoms with E-state index < -0.39 is 33.4 Å². The number of benzene rings is 3. The number of nitrogens with one attached hydrogen (secondary N) is 2. The summed E-state index contributed by atoms with van der Waals surface area (Å²) in [6.07, 6.45) is 0.900. The lowest BCUT2D eigenvalue weighted by atomic mass is 10.1. The van der Waals surface area contributed by atoms with Gasteiger partial charge in [0.2, 0.25) is 5.95 Å². The zero-order valence-corrected chi connectivity index (χ0v) is 26.4. The van der Waals surface area contributed by atoms with Gasteiger partial charge < -0.3 is 15.5 Å². The number of rotatable bonds is 11. The molecule has 1 saturated heterocycles. The Morgan fingerprint density at radius 2 is 1.55 bits per heavy atom. The molecule has 5 rings (SSSR count). The molecule has 246 valence electrons. The summed E-state index contributed by atoms with van der Waals surface area (Å²) in [5.74, 6) is -1.22. The van der Waals surface area contributed by atoms with Crippen LogP contribution in [-0.2, 0) is 16.0 Å². The van der Waals surface area contributed by atoms with Gasteiger partial charge in [0.1, 0.15) is 0 Å². The van der Waals surface area contributed by atoms with E-state index in [1.165, 1.54) is 54.9 Å².